The minimum absolute atomic E-state index is 0.000604. The number of nitrogens with one attached hydrogen (secondary N) is 2. The molecule has 0 radical (unpaired) electrons. The first kappa shape index (κ1) is 34.1. The maximum Gasteiger partial charge on any atom is 0.251 e. The van der Waals surface area contributed by atoms with Gasteiger partial charge in [-0.05, 0) is 43.5 Å². The van der Waals surface area contributed by atoms with E-state index in [4.69, 9.17) is 9.47 Å². The van der Waals surface area contributed by atoms with Crippen molar-refractivity contribution in [2.24, 2.45) is 5.92 Å². The van der Waals surface area contributed by atoms with Crippen LogP contribution in [0.4, 0.5) is 0 Å². The Balaban J connectivity index is 0.000000749. The van der Waals surface area contributed by atoms with Gasteiger partial charge in [-0.25, -0.2) is 0 Å². The molecule has 0 bridgehead atoms. The van der Waals surface area contributed by atoms with Crippen LogP contribution in [0.3, 0.4) is 0 Å². The average molecular weight is 594 g/mol. The van der Waals surface area contributed by atoms with E-state index in [1.165, 1.54) is 38.5 Å². The summed E-state index contributed by atoms with van der Waals surface area (Å²) < 4.78 is 11.0. The Labute approximate surface area is 257 Å². The third kappa shape index (κ3) is 11.3. The van der Waals surface area contributed by atoms with Gasteiger partial charge in [-0.1, -0.05) is 70.6 Å². The minimum atomic E-state index is -0.256. The van der Waals surface area contributed by atoms with Crippen molar-refractivity contribution in [3.63, 3.8) is 0 Å². The van der Waals surface area contributed by atoms with Crippen molar-refractivity contribution in [2.75, 3.05) is 39.9 Å². The summed E-state index contributed by atoms with van der Waals surface area (Å²) in [5.41, 5.74) is 2.54. The lowest BCUT2D eigenvalue weighted by molar-refractivity contribution is -0.131. The summed E-state index contributed by atoms with van der Waals surface area (Å²) in [6.45, 7) is 8.23. The molecule has 1 heterocycles. The predicted octanol–water partition coefficient (Wildman–Crippen LogP) is 5.89. The molecule has 43 heavy (non-hydrogen) atoms. The van der Waals surface area contributed by atoms with E-state index in [1.54, 1.807) is 13.2 Å². The summed E-state index contributed by atoms with van der Waals surface area (Å²) in [5, 5.41) is 5.97. The minimum Gasteiger partial charge on any atom is -0.497 e. The standard InChI is InChI=1S/C29H39N3O5.C6H12/c1-5-37-27-15-25(36-4)12-11-23(27)16-30-18-28(34)32-13-7-10-24(19-32)21-8-6-9-22(14-21)29(35)31-17-26(33)20(2)3;1-2-4-6-5-3-1/h6,8-9,11-12,14-15,20,24,30H,5,7,10,13,16-19H2,1-4H3,(H,31,35);1-6H2. The summed E-state index contributed by atoms with van der Waals surface area (Å²) in [7, 11) is 1.62. The van der Waals surface area contributed by atoms with Gasteiger partial charge < -0.3 is 25.0 Å². The van der Waals surface area contributed by atoms with Gasteiger partial charge in [0.2, 0.25) is 5.91 Å². The summed E-state index contributed by atoms with van der Waals surface area (Å²) in [6, 6.07) is 13.2. The van der Waals surface area contributed by atoms with Crippen LogP contribution in [0.1, 0.15) is 99.5 Å². The molecule has 8 nitrogen and oxygen atoms in total. The lowest BCUT2D eigenvalue weighted by atomic mass is 9.89. The summed E-state index contributed by atoms with van der Waals surface area (Å²) in [5.74, 6) is 1.32. The molecule has 2 aromatic rings. The molecule has 2 fully saturated rings. The number of carbonyl (C=O) groups excluding carboxylic acids is 3. The highest BCUT2D eigenvalue weighted by atomic mass is 16.5. The number of methoxy groups -OCH3 is 1. The van der Waals surface area contributed by atoms with Gasteiger partial charge in [0.1, 0.15) is 11.5 Å². The van der Waals surface area contributed by atoms with E-state index in [9.17, 15) is 14.4 Å². The largest absolute Gasteiger partial charge is 0.497 e. The van der Waals surface area contributed by atoms with Crippen LogP contribution < -0.4 is 20.1 Å². The number of carbonyl (C=O) groups is 3. The Bertz CT molecular complexity index is 1170. The van der Waals surface area contributed by atoms with Crippen LogP contribution in [0.2, 0.25) is 0 Å². The number of benzene rings is 2. The van der Waals surface area contributed by atoms with Gasteiger partial charge in [-0.15, -0.1) is 0 Å². The normalized spacial score (nSPS) is 16.6. The fourth-order valence-corrected chi connectivity index (χ4v) is 5.46. The molecule has 2 N–H and O–H groups in total. The van der Waals surface area contributed by atoms with E-state index in [0.29, 0.717) is 25.3 Å². The van der Waals surface area contributed by atoms with E-state index in [2.05, 4.69) is 10.6 Å². The monoisotopic (exact) mass is 593 g/mol. The molecule has 2 aromatic carbocycles. The molecule has 2 aliphatic rings. The third-order valence-corrected chi connectivity index (χ3v) is 8.13. The van der Waals surface area contributed by atoms with Crippen molar-refractivity contribution < 1.29 is 23.9 Å². The van der Waals surface area contributed by atoms with Gasteiger partial charge in [0.15, 0.2) is 5.78 Å². The van der Waals surface area contributed by atoms with Crippen molar-refractivity contribution in [3.8, 4) is 11.5 Å². The highest BCUT2D eigenvalue weighted by molar-refractivity contribution is 5.97. The van der Waals surface area contributed by atoms with E-state index in [-0.39, 0.29) is 42.5 Å². The predicted molar refractivity (Wildman–Crippen MR) is 171 cm³/mol. The summed E-state index contributed by atoms with van der Waals surface area (Å²) in [6.07, 6.45) is 10.9. The third-order valence-electron chi connectivity index (χ3n) is 8.13. The molecule has 1 unspecified atom stereocenters. The Morgan fingerprint density at radius 2 is 1.67 bits per heavy atom. The van der Waals surface area contributed by atoms with Crippen LogP contribution in [-0.2, 0) is 16.1 Å². The van der Waals surface area contributed by atoms with E-state index < -0.39 is 0 Å². The number of rotatable bonds is 12. The first-order valence-corrected chi connectivity index (χ1v) is 16.0. The molecule has 1 aliphatic carbocycles. The van der Waals surface area contributed by atoms with Crippen molar-refractivity contribution in [3.05, 3.63) is 59.2 Å². The summed E-state index contributed by atoms with van der Waals surface area (Å²) in [4.78, 5) is 39.3. The molecule has 0 spiro atoms. The zero-order valence-corrected chi connectivity index (χ0v) is 26.6. The van der Waals surface area contributed by atoms with E-state index in [0.717, 1.165) is 42.0 Å². The van der Waals surface area contributed by atoms with Gasteiger partial charge in [-0.2, -0.15) is 0 Å². The number of hydrogen-bond acceptors (Lipinski definition) is 6. The van der Waals surface area contributed by atoms with Crippen molar-refractivity contribution >= 4 is 17.6 Å². The van der Waals surface area contributed by atoms with Crippen LogP contribution in [0.5, 0.6) is 11.5 Å². The highest BCUT2D eigenvalue weighted by Crippen LogP contribution is 2.28. The van der Waals surface area contributed by atoms with Gasteiger partial charge in [0.05, 0.1) is 26.8 Å². The number of ether oxygens (including phenoxy) is 2. The Morgan fingerprint density at radius 3 is 2.33 bits per heavy atom. The molecule has 4 rings (SSSR count). The lowest BCUT2D eigenvalue weighted by Gasteiger charge is -2.33. The second-order valence-electron chi connectivity index (χ2n) is 11.7. The molecule has 1 saturated carbocycles. The zero-order valence-electron chi connectivity index (χ0n) is 26.6. The Hall–Kier alpha value is -3.39. The summed E-state index contributed by atoms with van der Waals surface area (Å²) >= 11 is 0. The quantitative estimate of drug-likeness (QED) is 0.319. The maximum atomic E-state index is 13.0. The first-order chi connectivity index (χ1) is 20.8. The topological polar surface area (TPSA) is 97.0 Å². The lowest BCUT2D eigenvalue weighted by Crippen LogP contribution is -2.43. The van der Waals surface area contributed by atoms with Crippen molar-refractivity contribution in [2.45, 2.75) is 84.6 Å². The molecule has 1 saturated heterocycles. The van der Waals surface area contributed by atoms with Gasteiger partial charge >= 0.3 is 0 Å². The smallest absolute Gasteiger partial charge is 0.251 e. The van der Waals surface area contributed by atoms with E-state index >= 15 is 0 Å². The zero-order chi connectivity index (χ0) is 31.0. The van der Waals surface area contributed by atoms with Gasteiger partial charge in [-0.3, -0.25) is 14.4 Å². The van der Waals surface area contributed by atoms with Crippen LogP contribution in [-0.4, -0.2) is 62.4 Å². The van der Waals surface area contributed by atoms with E-state index in [1.807, 2.05) is 62.1 Å². The maximum absolute atomic E-state index is 13.0. The number of nitrogens with zero attached hydrogens (tertiary/aromatic N) is 1. The number of Topliss-reactive ketones (excluding diaryl/α,β-unsaturated/α-hetero) is 1. The number of likely N-dealkylation sites (tertiary alicyclic amines) is 1. The Morgan fingerprint density at radius 1 is 0.953 bits per heavy atom. The molecular formula is C35H51N3O5. The number of hydrogen-bond donors (Lipinski definition) is 2. The van der Waals surface area contributed by atoms with Gasteiger partial charge in [0, 0.05) is 48.7 Å². The van der Waals surface area contributed by atoms with Crippen molar-refractivity contribution in [1.29, 1.82) is 0 Å². The number of ketones is 1. The van der Waals surface area contributed by atoms with Crippen LogP contribution in [0, 0.1) is 5.92 Å². The fourth-order valence-electron chi connectivity index (χ4n) is 5.46. The Kier molecular flexibility index (Phi) is 14.5. The van der Waals surface area contributed by atoms with Gasteiger partial charge in [0.25, 0.3) is 5.91 Å². The average Bonchev–Trinajstić information content (AvgIpc) is 3.05. The number of piperidine rings is 1. The SMILES string of the molecule is C1CCCCC1.CCOc1cc(OC)ccc1CNCC(=O)N1CCCC(c2cccc(C(=O)NCC(=O)C(C)C)c2)C1. The molecule has 1 aliphatic heterocycles. The molecule has 8 heteroatoms. The van der Waals surface area contributed by atoms with Crippen LogP contribution >= 0.6 is 0 Å². The van der Waals surface area contributed by atoms with Crippen LogP contribution in [0.15, 0.2) is 42.5 Å². The van der Waals surface area contributed by atoms with Crippen molar-refractivity contribution in [1.82, 2.24) is 15.5 Å². The highest BCUT2D eigenvalue weighted by Gasteiger charge is 2.25. The molecule has 2 amide bonds. The van der Waals surface area contributed by atoms with Crippen LogP contribution in [0.25, 0.3) is 0 Å². The molecule has 0 aromatic heterocycles. The molecule has 1 atom stereocenters. The second kappa shape index (κ2) is 18.3. The number of amides is 2. The second-order valence-corrected chi connectivity index (χ2v) is 11.7. The molecular weight excluding hydrogens is 542 g/mol. The fraction of sp³-hybridized carbons (Fsp3) is 0.571. The molecule has 236 valence electrons. The first-order valence-electron chi connectivity index (χ1n) is 16.0.